The zero-order valence-corrected chi connectivity index (χ0v) is 8.74. The number of hydrogen-bond donors (Lipinski definition) is 1. The van der Waals surface area contributed by atoms with E-state index in [1.54, 1.807) is 0 Å². The van der Waals surface area contributed by atoms with Gasteiger partial charge in [0.05, 0.1) is 0 Å². The largest absolute Gasteiger partial charge is 0.396 e. The highest BCUT2D eigenvalue weighted by atomic mass is 16.2. The normalized spacial score (nSPS) is 11.0. The highest BCUT2D eigenvalue weighted by molar-refractivity contribution is 5.27. The molecule has 0 aromatic heterocycles. The number of allylic oxidation sites excluding steroid dienone is 2. The zero-order chi connectivity index (χ0) is 10.2. The third-order valence-electron chi connectivity index (χ3n) is 2.32. The van der Waals surface area contributed by atoms with Crippen molar-refractivity contribution in [2.75, 3.05) is 6.61 Å². The summed E-state index contributed by atoms with van der Waals surface area (Å²) < 4.78 is 0. The Morgan fingerprint density at radius 3 is 2.36 bits per heavy atom. The van der Waals surface area contributed by atoms with Crippen molar-refractivity contribution in [1.29, 1.82) is 0 Å². The second kappa shape index (κ2) is 6.39. The first-order chi connectivity index (χ1) is 6.88. The van der Waals surface area contributed by atoms with Crippen LogP contribution in [0.25, 0.3) is 0 Å². The maximum absolute atomic E-state index is 8.90. The molecule has 0 aliphatic carbocycles. The van der Waals surface area contributed by atoms with Gasteiger partial charge in [-0.15, -0.1) is 0 Å². The monoisotopic (exact) mass is 190 g/mol. The Morgan fingerprint density at radius 2 is 1.79 bits per heavy atom. The fourth-order valence-electron chi connectivity index (χ4n) is 1.57. The molecule has 0 saturated carbocycles. The lowest BCUT2D eigenvalue weighted by atomic mass is 10.0. The number of aliphatic hydroxyl groups is 1. The third kappa shape index (κ3) is 3.35. The van der Waals surface area contributed by atoms with Crippen molar-refractivity contribution in [3.63, 3.8) is 0 Å². The highest BCUT2D eigenvalue weighted by Gasteiger charge is 1.99. The number of benzene rings is 1. The van der Waals surface area contributed by atoms with Crippen molar-refractivity contribution in [2.45, 2.75) is 26.2 Å². The van der Waals surface area contributed by atoms with Crippen molar-refractivity contribution in [3.05, 3.63) is 47.5 Å². The van der Waals surface area contributed by atoms with E-state index in [0.717, 1.165) is 19.3 Å². The van der Waals surface area contributed by atoms with Gasteiger partial charge in [-0.05, 0) is 37.3 Å². The Morgan fingerprint density at radius 1 is 1.14 bits per heavy atom. The predicted molar refractivity (Wildman–Crippen MR) is 60.4 cm³/mol. The van der Waals surface area contributed by atoms with Gasteiger partial charge in [0.2, 0.25) is 0 Å². The van der Waals surface area contributed by atoms with E-state index in [1.165, 1.54) is 11.1 Å². The second-order valence-corrected chi connectivity index (χ2v) is 3.35. The lowest BCUT2D eigenvalue weighted by Crippen LogP contribution is -1.96. The minimum Gasteiger partial charge on any atom is -0.396 e. The summed E-state index contributed by atoms with van der Waals surface area (Å²) >= 11 is 0. The van der Waals surface area contributed by atoms with Crippen LogP contribution in [0, 0.1) is 0 Å². The Balaban J connectivity index is 2.63. The minimum atomic E-state index is 0.237. The van der Waals surface area contributed by atoms with Crippen LogP contribution in [-0.2, 0) is 12.8 Å². The number of hydrogen-bond acceptors (Lipinski definition) is 1. The summed E-state index contributed by atoms with van der Waals surface area (Å²) in [5.74, 6) is 0. The molecule has 0 aliphatic heterocycles. The average Bonchev–Trinajstić information content (AvgIpc) is 2.21. The summed E-state index contributed by atoms with van der Waals surface area (Å²) in [7, 11) is 0. The number of aryl methyl sites for hydroxylation is 1. The van der Waals surface area contributed by atoms with Crippen LogP contribution in [-0.4, -0.2) is 11.7 Å². The lowest BCUT2D eigenvalue weighted by molar-refractivity contribution is 0.299. The van der Waals surface area contributed by atoms with E-state index in [-0.39, 0.29) is 6.61 Å². The van der Waals surface area contributed by atoms with E-state index in [4.69, 9.17) is 5.11 Å². The van der Waals surface area contributed by atoms with E-state index in [1.807, 2.05) is 13.0 Å². The van der Waals surface area contributed by atoms with E-state index in [0.29, 0.717) is 0 Å². The molecule has 0 heterocycles. The topological polar surface area (TPSA) is 20.2 Å². The Hall–Kier alpha value is -1.08. The molecule has 0 amide bonds. The van der Waals surface area contributed by atoms with Gasteiger partial charge in [0, 0.05) is 6.61 Å². The summed E-state index contributed by atoms with van der Waals surface area (Å²) in [6.45, 7) is 2.28. The minimum absolute atomic E-state index is 0.237. The molecule has 0 atom stereocenters. The van der Waals surface area contributed by atoms with Gasteiger partial charge in [-0.3, -0.25) is 0 Å². The molecule has 1 nitrogen and oxygen atoms in total. The SMILES string of the molecule is C/C=C/CCc1ccccc1CCO. The fourth-order valence-corrected chi connectivity index (χ4v) is 1.57. The summed E-state index contributed by atoms with van der Waals surface area (Å²) in [6, 6.07) is 8.34. The van der Waals surface area contributed by atoms with Crippen LogP contribution in [0.15, 0.2) is 36.4 Å². The van der Waals surface area contributed by atoms with Crippen LogP contribution in [0.3, 0.4) is 0 Å². The Bertz CT molecular complexity index is 289. The molecule has 0 fully saturated rings. The van der Waals surface area contributed by atoms with Gasteiger partial charge in [-0.2, -0.15) is 0 Å². The Labute approximate surface area is 86.1 Å². The van der Waals surface area contributed by atoms with Crippen molar-refractivity contribution in [1.82, 2.24) is 0 Å². The molecule has 0 unspecified atom stereocenters. The summed E-state index contributed by atoms with van der Waals surface area (Å²) in [4.78, 5) is 0. The fraction of sp³-hybridized carbons (Fsp3) is 0.385. The van der Waals surface area contributed by atoms with Crippen molar-refractivity contribution in [3.8, 4) is 0 Å². The molecule has 0 aliphatic rings. The first-order valence-corrected chi connectivity index (χ1v) is 5.17. The van der Waals surface area contributed by atoms with Crippen LogP contribution < -0.4 is 0 Å². The third-order valence-corrected chi connectivity index (χ3v) is 2.32. The quantitative estimate of drug-likeness (QED) is 0.708. The average molecular weight is 190 g/mol. The molecular weight excluding hydrogens is 172 g/mol. The first kappa shape index (κ1) is 11.0. The molecule has 1 heteroatoms. The molecule has 1 aromatic rings. The maximum atomic E-state index is 8.90. The second-order valence-electron chi connectivity index (χ2n) is 3.35. The molecule has 14 heavy (non-hydrogen) atoms. The predicted octanol–water partition coefficient (Wildman–Crippen LogP) is 2.73. The van der Waals surface area contributed by atoms with Gasteiger partial charge in [0.15, 0.2) is 0 Å². The number of aliphatic hydroxyl groups excluding tert-OH is 1. The van der Waals surface area contributed by atoms with Crippen LogP contribution in [0.2, 0.25) is 0 Å². The van der Waals surface area contributed by atoms with E-state index in [2.05, 4.69) is 30.4 Å². The van der Waals surface area contributed by atoms with Gasteiger partial charge in [0.25, 0.3) is 0 Å². The van der Waals surface area contributed by atoms with Crippen LogP contribution in [0.1, 0.15) is 24.5 Å². The van der Waals surface area contributed by atoms with Crippen molar-refractivity contribution < 1.29 is 5.11 Å². The standard InChI is InChI=1S/C13H18O/c1-2-3-4-7-12-8-5-6-9-13(12)10-11-14/h2-3,5-6,8-9,14H,4,7,10-11H2,1H3/b3-2+. The van der Waals surface area contributed by atoms with Crippen LogP contribution in [0.5, 0.6) is 0 Å². The molecule has 1 N–H and O–H groups in total. The maximum Gasteiger partial charge on any atom is 0.0471 e. The van der Waals surface area contributed by atoms with Crippen LogP contribution in [0.4, 0.5) is 0 Å². The van der Waals surface area contributed by atoms with Gasteiger partial charge in [-0.25, -0.2) is 0 Å². The highest BCUT2D eigenvalue weighted by Crippen LogP contribution is 2.11. The number of rotatable bonds is 5. The van der Waals surface area contributed by atoms with Gasteiger partial charge in [-0.1, -0.05) is 36.4 Å². The van der Waals surface area contributed by atoms with E-state index < -0.39 is 0 Å². The molecule has 0 bridgehead atoms. The van der Waals surface area contributed by atoms with Gasteiger partial charge in [0.1, 0.15) is 0 Å². The summed E-state index contributed by atoms with van der Waals surface area (Å²) in [6.07, 6.45) is 7.18. The van der Waals surface area contributed by atoms with E-state index >= 15 is 0 Å². The molecule has 1 rings (SSSR count). The zero-order valence-electron chi connectivity index (χ0n) is 8.74. The Kier molecular flexibility index (Phi) is 5.02. The molecule has 76 valence electrons. The first-order valence-electron chi connectivity index (χ1n) is 5.17. The smallest absolute Gasteiger partial charge is 0.0471 e. The van der Waals surface area contributed by atoms with Crippen LogP contribution >= 0.6 is 0 Å². The summed E-state index contributed by atoms with van der Waals surface area (Å²) in [5, 5.41) is 8.90. The molecule has 1 aromatic carbocycles. The molecular formula is C13H18O. The van der Waals surface area contributed by atoms with Gasteiger partial charge < -0.3 is 5.11 Å². The van der Waals surface area contributed by atoms with E-state index in [9.17, 15) is 0 Å². The molecule has 0 spiro atoms. The molecule has 0 radical (unpaired) electrons. The van der Waals surface area contributed by atoms with Gasteiger partial charge >= 0.3 is 0 Å². The van der Waals surface area contributed by atoms with Crippen molar-refractivity contribution >= 4 is 0 Å². The molecule has 0 saturated heterocycles. The summed E-state index contributed by atoms with van der Waals surface area (Å²) in [5.41, 5.74) is 2.64. The lowest BCUT2D eigenvalue weighted by Gasteiger charge is -2.06. The van der Waals surface area contributed by atoms with Crippen molar-refractivity contribution in [2.24, 2.45) is 0 Å².